The lowest BCUT2D eigenvalue weighted by Gasteiger charge is -2.26. The van der Waals surface area contributed by atoms with Gasteiger partial charge in [0.1, 0.15) is 5.78 Å². The molecule has 0 spiro atoms. The Balaban J connectivity index is 2.52. The fourth-order valence-corrected chi connectivity index (χ4v) is 2.43. The lowest BCUT2D eigenvalue weighted by atomic mass is 9.80. The van der Waals surface area contributed by atoms with Gasteiger partial charge in [0.15, 0.2) is 0 Å². The van der Waals surface area contributed by atoms with Gasteiger partial charge in [-0.1, -0.05) is 26.2 Å². The summed E-state index contributed by atoms with van der Waals surface area (Å²) in [5.41, 5.74) is -0.107. The molecule has 0 aromatic carbocycles. The summed E-state index contributed by atoms with van der Waals surface area (Å²) >= 11 is 0. The van der Waals surface area contributed by atoms with Gasteiger partial charge in [-0.15, -0.1) is 0 Å². The van der Waals surface area contributed by atoms with E-state index in [2.05, 4.69) is 6.92 Å². The van der Waals surface area contributed by atoms with Crippen molar-refractivity contribution in [3.8, 4) is 0 Å². The van der Waals surface area contributed by atoms with Crippen molar-refractivity contribution in [2.75, 3.05) is 13.7 Å². The summed E-state index contributed by atoms with van der Waals surface area (Å²) in [6.45, 7) is 2.76. The first-order valence-corrected chi connectivity index (χ1v) is 5.77. The third-order valence-electron chi connectivity index (χ3n) is 3.33. The minimum absolute atomic E-state index is 0.107. The van der Waals surface area contributed by atoms with Crippen molar-refractivity contribution < 1.29 is 9.53 Å². The molecule has 0 heterocycles. The zero-order valence-corrected chi connectivity index (χ0v) is 9.47. The number of carbonyl (C=O) groups excluding carboxylic acids is 1. The van der Waals surface area contributed by atoms with Crippen LogP contribution >= 0.6 is 0 Å². The molecule has 1 saturated carbocycles. The Hall–Kier alpha value is -0.370. The van der Waals surface area contributed by atoms with Gasteiger partial charge < -0.3 is 4.74 Å². The summed E-state index contributed by atoms with van der Waals surface area (Å²) < 4.78 is 5.21. The number of carbonyl (C=O) groups is 1. The average molecular weight is 198 g/mol. The maximum atomic E-state index is 12.0. The van der Waals surface area contributed by atoms with E-state index < -0.39 is 0 Å². The maximum absolute atomic E-state index is 12.0. The van der Waals surface area contributed by atoms with Crippen LogP contribution in [0.1, 0.15) is 51.9 Å². The number of methoxy groups -OCH3 is 1. The SMILES string of the molecule is CCCCC(=O)C1(COC)CCCC1. The molecular formula is C12H22O2. The first-order chi connectivity index (χ1) is 6.75. The van der Waals surface area contributed by atoms with Gasteiger partial charge in [-0.05, 0) is 19.3 Å². The quantitative estimate of drug-likeness (QED) is 0.656. The molecule has 0 N–H and O–H groups in total. The van der Waals surface area contributed by atoms with Crippen LogP contribution in [0.15, 0.2) is 0 Å². The van der Waals surface area contributed by atoms with Gasteiger partial charge in [0.25, 0.3) is 0 Å². The van der Waals surface area contributed by atoms with Crippen LogP contribution in [0.2, 0.25) is 0 Å². The van der Waals surface area contributed by atoms with Crippen molar-refractivity contribution in [2.45, 2.75) is 51.9 Å². The van der Waals surface area contributed by atoms with Gasteiger partial charge in [0.05, 0.1) is 12.0 Å². The second kappa shape index (κ2) is 5.50. The van der Waals surface area contributed by atoms with Crippen LogP contribution in [-0.4, -0.2) is 19.5 Å². The number of rotatable bonds is 6. The van der Waals surface area contributed by atoms with Crippen LogP contribution in [0.25, 0.3) is 0 Å². The highest BCUT2D eigenvalue weighted by Gasteiger charge is 2.39. The molecule has 2 heteroatoms. The van der Waals surface area contributed by atoms with Crippen molar-refractivity contribution in [3.63, 3.8) is 0 Å². The van der Waals surface area contributed by atoms with Crippen molar-refractivity contribution in [3.05, 3.63) is 0 Å². The first kappa shape index (κ1) is 11.7. The van der Waals surface area contributed by atoms with Crippen molar-refractivity contribution in [1.82, 2.24) is 0 Å². The number of Topliss-reactive ketones (excluding diaryl/α,β-unsaturated/α-hetero) is 1. The number of ketones is 1. The van der Waals surface area contributed by atoms with E-state index in [9.17, 15) is 4.79 Å². The zero-order chi connectivity index (χ0) is 10.4. The molecule has 14 heavy (non-hydrogen) atoms. The maximum Gasteiger partial charge on any atom is 0.141 e. The van der Waals surface area contributed by atoms with Crippen LogP contribution in [-0.2, 0) is 9.53 Å². The van der Waals surface area contributed by atoms with Gasteiger partial charge in [-0.3, -0.25) is 4.79 Å². The number of unbranched alkanes of at least 4 members (excludes halogenated alkanes) is 1. The Bertz CT molecular complexity index is 181. The highest BCUT2D eigenvalue weighted by Crippen LogP contribution is 2.40. The Kier molecular flexibility index (Phi) is 4.59. The van der Waals surface area contributed by atoms with E-state index in [-0.39, 0.29) is 5.41 Å². The minimum atomic E-state index is -0.107. The predicted molar refractivity (Wildman–Crippen MR) is 57.3 cm³/mol. The van der Waals surface area contributed by atoms with Crippen LogP contribution in [0.5, 0.6) is 0 Å². The molecule has 0 saturated heterocycles. The second-order valence-electron chi connectivity index (χ2n) is 4.45. The third-order valence-corrected chi connectivity index (χ3v) is 3.33. The highest BCUT2D eigenvalue weighted by molar-refractivity contribution is 5.85. The average Bonchev–Trinajstić information content (AvgIpc) is 2.64. The standard InChI is InChI=1S/C12H22O2/c1-3-4-7-11(13)12(10-14-2)8-5-6-9-12/h3-10H2,1-2H3. The van der Waals surface area contributed by atoms with E-state index >= 15 is 0 Å². The lowest BCUT2D eigenvalue weighted by Crippen LogP contribution is -2.32. The largest absolute Gasteiger partial charge is 0.384 e. The fraction of sp³-hybridized carbons (Fsp3) is 0.917. The topological polar surface area (TPSA) is 26.3 Å². The molecule has 0 unspecified atom stereocenters. The Morgan fingerprint density at radius 2 is 2.00 bits per heavy atom. The van der Waals surface area contributed by atoms with Crippen LogP contribution in [0.4, 0.5) is 0 Å². The minimum Gasteiger partial charge on any atom is -0.384 e. The molecule has 2 nitrogen and oxygen atoms in total. The van der Waals surface area contributed by atoms with Gasteiger partial charge in [0.2, 0.25) is 0 Å². The van der Waals surface area contributed by atoms with Gasteiger partial charge >= 0.3 is 0 Å². The number of hydrogen-bond donors (Lipinski definition) is 0. The third kappa shape index (κ3) is 2.57. The van der Waals surface area contributed by atoms with Crippen molar-refractivity contribution in [2.24, 2.45) is 5.41 Å². The summed E-state index contributed by atoms with van der Waals surface area (Å²) in [6.07, 6.45) is 7.37. The van der Waals surface area contributed by atoms with Crippen molar-refractivity contribution >= 4 is 5.78 Å². The zero-order valence-electron chi connectivity index (χ0n) is 9.47. The lowest BCUT2D eigenvalue weighted by molar-refractivity contribution is -0.131. The molecule has 1 rings (SSSR count). The monoisotopic (exact) mass is 198 g/mol. The molecule has 0 aromatic rings. The molecular weight excluding hydrogens is 176 g/mol. The molecule has 1 aliphatic rings. The fourth-order valence-electron chi connectivity index (χ4n) is 2.43. The predicted octanol–water partition coefficient (Wildman–Crippen LogP) is 2.95. The summed E-state index contributed by atoms with van der Waals surface area (Å²) in [4.78, 5) is 12.0. The van der Waals surface area contributed by atoms with E-state index in [4.69, 9.17) is 4.74 Å². The van der Waals surface area contributed by atoms with Gasteiger partial charge in [-0.25, -0.2) is 0 Å². The summed E-state index contributed by atoms with van der Waals surface area (Å²) in [7, 11) is 1.70. The molecule has 1 fully saturated rings. The molecule has 0 aliphatic heterocycles. The number of ether oxygens (including phenoxy) is 1. The number of hydrogen-bond acceptors (Lipinski definition) is 2. The van der Waals surface area contributed by atoms with E-state index in [1.165, 1.54) is 12.8 Å². The highest BCUT2D eigenvalue weighted by atomic mass is 16.5. The van der Waals surface area contributed by atoms with Crippen LogP contribution < -0.4 is 0 Å². The van der Waals surface area contributed by atoms with Crippen molar-refractivity contribution in [1.29, 1.82) is 0 Å². The van der Waals surface area contributed by atoms with Crippen LogP contribution in [0.3, 0.4) is 0 Å². The second-order valence-corrected chi connectivity index (χ2v) is 4.45. The molecule has 0 amide bonds. The molecule has 0 radical (unpaired) electrons. The summed E-state index contributed by atoms with van der Waals surface area (Å²) in [6, 6.07) is 0. The molecule has 0 aromatic heterocycles. The van der Waals surface area contributed by atoms with E-state index in [0.717, 1.165) is 32.1 Å². The van der Waals surface area contributed by atoms with E-state index in [1.807, 2.05) is 0 Å². The Morgan fingerprint density at radius 3 is 2.50 bits per heavy atom. The van der Waals surface area contributed by atoms with E-state index in [1.54, 1.807) is 7.11 Å². The Labute approximate surface area is 87.0 Å². The smallest absolute Gasteiger partial charge is 0.141 e. The Morgan fingerprint density at radius 1 is 1.36 bits per heavy atom. The normalized spacial score (nSPS) is 19.9. The first-order valence-electron chi connectivity index (χ1n) is 5.77. The molecule has 0 bridgehead atoms. The summed E-state index contributed by atoms with van der Waals surface area (Å²) in [5, 5.41) is 0. The molecule has 0 atom stereocenters. The van der Waals surface area contributed by atoms with Crippen LogP contribution in [0, 0.1) is 5.41 Å². The summed E-state index contributed by atoms with van der Waals surface area (Å²) in [5.74, 6) is 0.443. The van der Waals surface area contributed by atoms with E-state index in [0.29, 0.717) is 12.4 Å². The van der Waals surface area contributed by atoms with Gasteiger partial charge in [0, 0.05) is 13.5 Å². The molecule has 1 aliphatic carbocycles. The van der Waals surface area contributed by atoms with Gasteiger partial charge in [-0.2, -0.15) is 0 Å². The molecule has 82 valence electrons.